The van der Waals surface area contributed by atoms with Gasteiger partial charge >= 0.3 is 0 Å². The first-order valence-electron chi connectivity index (χ1n) is 5.52. The molecule has 0 aliphatic carbocycles. The lowest BCUT2D eigenvalue weighted by molar-refractivity contribution is 0.0904. The second-order valence-corrected chi connectivity index (χ2v) is 5.00. The van der Waals surface area contributed by atoms with Gasteiger partial charge in [-0.1, -0.05) is 26.0 Å². The van der Waals surface area contributed by atoms with Crippen LogP contribution in [0.3, 0.4) is 0 Å². The molecule has 1 unspecified atom stereocenters. The Balaban J connectivity index is 2.79. The van der Waals surface area contributed by atoms with Crippen molar-refractivity contribution in [2.45, 2.75) is 40.2 Å². The first kappa shape index (κ1) is 12.2. The number of aliphatic hydroxyl groups excluding tert-OH is 1. The summed E-state index contributed by atoms with van der Waals surface area (Å²) in [4.78, 5) is 4.22. The van der Waals surface area contributed by atoms with Gasteiger partial charge in [0.05, 0.1) is 6.10 Å². The number of aliphatic hydroxyl groups is 1. The number of allylic oxidation sites excluding steroid dienone is 2. The molecule has 0 aromatic heterocycles. The van der Waals surface area contributed by atoms with E-state index in [4.69, 9.17) is 0 Å². The molecule has 2 heteroatoms. The van der Waals surface area contributed by atoms with Gasteiger partial charge in [-0.25, -0.2) is 0 Å². The minimum atomic E-state index is -0.364. The molecule has 0 bridgehead atoms. The maximum absolute atomic E-state index is 10.1. The standard InChI is InChI=1S/C13H21NO/c1-10(2)7-12(15)13(4)6-5-11(3)8-14-9-13/h5-6,8-10,12,15H,7H2,1-4H3/t12?,13-/m0/s1. The largest absolute Gasteiger partial charge is 0.392 e. The Labute approximate surface area is 92.4 Å². The monoisotopic (exact) mass is 207 g/mol. The lowest BCUT2D eigenvalue weighted by atomic mass is 9.81. The molecule has 0 fully saturated rings. The van der Waals surface area contributed by atoms with Crippen molar-refractivity contribution in [2.75, 3.05) is 0 Å². The summed E-state index contributed by atoms with van der Waals surface area (Å²) in [6.45, 7) is 8.27. The van der Waals surface area contributed by atoms with Crippen LogP contribution in [0.15, 0.2) is 28.9 Å². The van der Waals surface area contributed by atoms with Crippen LogP contribution >= 0.6 is 0 Å². The molecule has 0 aromatic rings. The van der Waals surface area contributed by atoms with Crippen molar-refractivity contribution in [1.82, 2.24) is 0 Å². The van der Waals surface area contributed by atoms with Crippen molar-refractivity contribution in [1.29, 1.82) is 0 Å². The summed E-state index contributed by atoms with van der Waals surface area (Å²) in [6.07, 6.45) is 8.17. The van der Waals surface area contributed by atoms with E-state index in [0.717, 1.165) is 12.0 Å². The molecular formula is C13H21NO. The number of aliphatic imine (C=N–C) groups is 1. The van der Waals surface area contributed by atoms with Crippen molar-refractivity contribution in [3.05, 3.63) is 23.9 Å². The Morgan fingerprint density at radius 1 is 1.47 bits per heavy atom. The lowest BCUT2D eigenvalue weighted by Crippen LogP contribution is -2.33. The van der Waals surface area contributed by atoms with Crippen LogP contribution in [0.2, 0.25) is 0 Å². The summed E-state index contributed by atoms with van der Waals surface area (Å²) in [5.41, 5.74) is 0.783. The van der Waals surface area contributed by atoms with E-state index in [1.54, 1.807) is 0 Å². The van der Waals surface area contributed by atoms with Crippen LogP contribution in [-0.4, -0.2) is 17.4 Å². The van der Waals surface area contributed by atoms with E-state index in [1.807, 2.05) is 38.4 Å². The molecule has 0 radical (unpaired) electrons. The maximum atomic E-state index is 10.1. The smallest absolute Gasteiger partial charge is 0.0680 e. The van der Waals surface area contributed by atoms with E-state index in [2.05, 4.69) is 18.8 Å². The highest BCUT2D eigenvalue weighted by atomic mass is 16.3. The second-order valence-electron chi connectivity index (χ2n) is 5.00. The summed E-state index contributed by atoms with van der Waals surface area (Å²) in [5.74, 6) is 0.496. The fourth-order valence-electron chi connectivity index (χ4n) is 1.61. The Bertz CT molecular complexity index is 302. The van der Waals surface area contributed by atoms with E-state index in [-0.39, 0.29) is 11.5 Å². The average Bonchev–Trinajstić information content (AvgIpc) is 2.29. The van der Waals surface area contributed by atoms with Crippen LogP contribution in [0.5, 0.6) is 0 Å². The first-order valence-corrected chi connectivity index (χ1v) is 5.52. The van der Waals surface area contributed by atoms with E-state index in [1.165, 1.54) is 0 Å². The number of nitrogens with zero attached hydrogens (tertiary/aromatic N) is 1. The average molecular weight is 207 g/mol. The topological polar surface area (TPSA) is 32.6 Å². The molecule has 1 rings (SSSR count). The van der Waals surface area contributed by atoms with Crippen molar-refractivity contribution in [2.24, 2.45) is 16.3 Å². The third kappa shape index (κ3) is 3.31. The van der Waals surface area contributed by atoms with Crippen LogP contribution in [0.4, 0.5) is 0 Å². The van der Waals surface area contributed by atoms with E-state index in [9.17, 15) is 5.11 Å². The zero-order valence-corrected chi connectivity index (χ0v) is 10.1. The number of hydrogen-bond acceptors (Lipinski definition) is 2. The molecule has 0 spiro atoms. The molecule has 84 valence electrons. The van der Waals surface area contributed by atoms with Crippen LogP contribution < -0.4 is 0 Å². The fourth-order valence-corrected chi connectivity index (χ4v) is 1.61. The van der Waals surface area contributed by atoms with E-state index < -0.39 is 0 Å². The minimum absolute atomic E-state index is 0.335. The first-order chi connectivity index (χ1) is 6.94. The molecule has 0 aromatic carbocycles. The van der Waals surface area contributed by atoms with Gasteiger partial charge in [-0.05, 0) is 31.8 Å². The Morgan fingerprint density at radius 2 is 2.13 bits per heavy atom. The molecule has 1 heterocycles. The molecule has 0 saturated heterocycles. The zero-order valence-electron chi connectivity index (χ0n) is 10.1. The van der Waals surface area contributed by atoms with Gasteiger partial charge in [-0.15, -0.1) is 0 Å². The third-order valence-corrected chi connectivity index (χ3v) is 2.75. The van der Waals surface area contributed by atoms with Crippen molar-refractivity contribution in [3.8, 4) is 0 Å². The lowest BCUT2D eigenvalue weighted by Gasteiger charge is -2.28. The summed E-state index contributed by atoms with van der Waals surface area (Å²) < 4.78 is 0. The molecule has 0 saturated carbocycles. The van der Waals surface area contributed by atoms with Gasteiger partial charge in [0.25, 0.3) is 0 Å². The number of rotatable bonds is 3. The molecule has 1 N–H and O–H groups in total. The SMILES string of the molecule is CC1=CN=C[C@@](C)(C(O)CC(C)C)C=C1. The Hall–Kier alpha value is -0.890. The fraction of sp³-hybridized carbons (Fsp3) is 0.615. The quantitative estimate of drug-likeness (QED) is 0.758. The minimum Gasteiger partial charge on any atom is -0.392 e. The van der Waals surface area contributed by atoms with Gasteiger partial charge in [-0.3, -0.25) is 4.99 Å². The van der Waals surface area contributed by atoms with Crippen LogP contribution in [0.25, 0.3) is 0 Å². The van der Waals surface area contributed by atoms with Gasteiger partial charge < -0.3 is 5.11 Å². The Kier molecular flexibility index (Phi) is 3.86. The molecule has 15 heavy (non-hydrogen) atoms. The summed E-state index contributed by atoms with van der Waals surface area (Å²) in [6, 6.07) is 0. The van der Waals surface area contributed by atoms with Crippen molar-refractivity contribution < 1.29 is 5.11 Å². The second kappa shape index (κ2) is 4.75. The van der Waals surface area contributed by atoms with Gasteiger partial charge in [0, 0.05) is 17.8 Å². The summed E-state index contributed by atoms with van der Waals surface area (Å²) >= 11 is 0. The zero-order chi connectivity index (χ0) is 11.5. The third-order valence-electron chi connectivity index (χ3n) is 2.75. The van der Waals surface area contributed by atoms with Crippen LogP contribution in [0, 0.1) is 11.3 Å². The van der Waals surface area contributed by atoms with E-state index in [0.29, 0.717) is 5.92 Å². The maximum Gasteiger partial charge on any atom is 0.0680 e. The van der Waals surface area contributed by atoms with Gasteiger partial charge in [0.2, 0.25) is 0 Å². The van der Waals surface area contributed by atoms with Crippen molar-refractivity contribution in [3.63, 3.8) is 0 Å². The molecule has 1 aliphatic heterocycles. The van der Waals surface area contributed by atoms with E-state index >= 15 is 0 Å². The number of hydrogen-bond donors (Lipinski definition) is 1. The van der Waals surface area contributed by atoms with Gasteiger partial charge in [-0.2, -0.15) is 0 Å². The summed E-state index contributed by atoms with van der Waals surface area (Å²) in [7, 11) is 0. The normalized spacial score (nSPS) is 27.7. The van der Waals surface area contributed by atoms with Crippen molar-refractivity contribution >= 4 is 6.21 Å². The predicted octanol–water partition coefficient (Wildman–Crippen LogP) is 2.94. The highest BCUT2D eigenvalue weighted by molar-refractivity contribution is 5.70. The van der Waals surface area contributed by atoms with Gasteiger partial charge in [0.15, 0.2) is 0 Å². The highest BCUT2D eigenvalue weighted by Crippen LogP contribution is 2.28. The molecule has 1 aliphatic rings. The highest BCUT2D eigenvalue weighted by Gasteiger charge is 2.29. The van der Waals surface area contributed by atoms with Crippen LogP contribution in [0.1, 0.15) is 34.1 Å². The van der Waals surface area contributed by atoms with Crippen LogP contribution in [-0.2, 0) is 0 Å². The Morgan fingerprint density at radius 3 is 2.73 bits per heavy atom. The molecular weight excluding hydrogens is 186 g/mol. The van der Waals surface area contributed by atoms with Gasteiger partial charge in [0.1, 0.15) is 0 Å². The molecule has 0 amide bonds. The summed E-state index contributed by atoms with van der Waals surface area (Å²) in [5, 5.41) is 10.1. The predicted molar refractivity (Wildman–Crippen MR) is 65.0 cm³/mol. The molecule has 2 atom stereocenters. The molecule has 2 nitrogen and oxygen atoms in total.